The highest BCUT2D eigenvalue weighted by Crippen LogP contribution is 2.47. The molecular formula is C27H28N2O4. The lowest BCUT2D eigenvalue weighted by Gasteiger charge is -2.39. The second-order valence-corrected chi connectivity index (χ2v) is 8.59. The summed E-state index contributed by atoms with van der Waals surface area (Å²) in [6, 6.07) is 23.7. The van der Waals surface area contributed by atoms with Gasteiger partial charge in [0.25, 0.3) is 0 Å². The number of carbonyl (C=O) groups is 1. The first-order chi connectivity index (χ1) is 16.2. The van der Waals surface area contributed by atoms with Gasteiger partial charge in [0.2, 0.25) is 0 Å². The van der Waals surface area contributed by atoms with Gasteiger partial charge in [0.1, 0.15) is 12.4 Å². The summed E-state index contributed by atoms with van der Waals surface area (Å²) in [7, 11) is 1.66. The molecule has 6 heteroatoms. The maximum absolute atomic E-state index is 13.1. The van der Waals surface area contributed by atoms with Crippen LogP contribution in [0.4, 0.5) is 10.5 Å². The largest absolute Gasteiger partial charge is 0.497 e. The number of benzene rings is 3. The molecule has 0 bridgehead atoms. The van der Waals surface area contributed by atoms with Gasteiger partial charge >= 0.3 is 6.09 Å². The van der Waals surface area contributed by atoms with Crippen molar-refractivity contribution in [2.45, 2.75) is 25.1 Å². The van der Waals surface area contributed by atoms with Crippen LogP contribution in [0.15, 0.2) is 72.8 Å². The van der Waals surface area contributed by atoms with Gasteiger partial charge < -0.3 is 24.8 Å². The average molecular weight is 445 g/mol. The second kappa shape index (κ2) is 9.16. The molecule has 170 valence electrons. The molecule has 0 aromatic heterocycles. The van der Waals surface area contributed by atoms with E-state index in [2.05, 4.69) is 17.4 Å². The quantitative estimate of drug-likeness (QED) is 0.589. The molecule has 2 aliphatic heterocycles. The molecule has 0 radical (unpaired) electrons. The molecule has 6 nitrogen and oxygen atoms in total. The lowest BCUT2D eigenvalue weighted by molar-refractivity contribution is 0.0845. The number of aliphatic hydroxyl groups is 1. The van der Waals surface area contributed by atoms with Gasteiger partial charge in [-0.1, -0.05) is 48.5 Å². The molecule has 1 saturated heterocycles. The first-order valence-electron chi connectivity index (χ1n) is 11.3. The van der Waals surface area contributed by atoms with E-state index in [1.807, 2.05) is 65.6 Å². The van der Waals surface area contributed by atoms with Gasteiger partial charge in [0.05, 0.1) is 25.8 Å². The molecule has 3 aromatic rings. The molecule has 1 fully saturated rings. The summed E-state index contributed by atoms with van der Waals surface area (Å²) in [6.07, 6.45) is 0.501. The van der Waals surface area contributed by atoms with Crippen LogP contribution in [0.5, 0.6) is 5.75 Å². The number of methoxy groups -OCH3 is 1. The number of likely N-dealkylation sites (tertiary alicyclic amines) is 1. The van der Waals surface area contributed by atoms with Crippen LogP contribution in [-0.4, -0.2) is 42.4 Å². The number of carbonyl (C=O) groups excluding carboxylic acids is 1. The van der Waals surface area contributed by atoms with Gasteiger partial charge in [-0.05, 0) is 52.9 Å². The maximum atomic E-state index is 13.1. The van der Waals surface area contributed by atoms with Crippen molar-refractivity contribution in [1.82, 2.24) is 4.90 Å². The Kier molecular flexibility index (Phi) is 5.92. The topological polar surface area (TPSA) is 71.0 Å². The van der Waals surface area contributed by atoms with Gasteiger partial charge in [-0.3, -0.25) is 0 Å². The normalized spacial score (nSPS) is 21.0. The van der Waals surface area contributed by atoms with E-state index >= 15 is 0 Å². The van der Waals surface area contributed by atoms with E-state index in [0.29, 0.717) is 6.54 Å². The Morgan fingerprint density at radius 2 is 1.82 bits per heavy atom. The molecule has 0 spiro atoms. The Balaban J connectivity index is 1.44. The van der Waals surface area contributed by atoms with Crippen LogP contribution < -0.4 is 10.1 Å². The van der Waals surface area contributed by atoms with E-state index in [-0.39, 0.29) is 37.3 Å². The van der Waals surface area contributed by atoms with Gasteiger partial charge in [0.15, 0.2) is 0 Å². The molecule has 5 rings (SSSR count). The molecule has 2 N–H and O–H groups in total. The van der Waals surface area contributed by atoms with Crippen LogP contribution >= 0.6 is 0 Å². The smallest absolute Gasteiger partial charge is 0.410 e. The maximum Gasteiger partial charge on any atom is 0.410 e. The predicted octanol–water partition coefficient (Wildman–Crippen LogP) is 4.85. The second-order valence-electron chi connectivity index (χ2n) is 8.59. The molecule has 3 atom stereocenters. The number of ether oxygens (including phenoxy) is 2. The molecule has 0 unspecified atom stereocenters. The summed E-state index contributed by atoms with van der Waals surface area (Å²) in [6.45, 7) is 0.870. The van der Waals surface area contributed by atoms with Crippen molar-refractivity contribution in [3.63, 3.8) is 0 Å². The third-order valence-corrected chi connectivity index (χ3v) is 6.73. The highest BCUT2D eigenvalue weighted by Gasteiger charge is 2.46. The van der Waals surface area contributed by atoms with Gasteiger partial charge in [0, 0.05) is 18.2 Å². The van der Waals surface area contributed by atoms with Gasteiger partial charge in [-0.2, -0.15) is 0 Å². The number of anilines is 1. The van der Waals surface area contributed by atoms with Gasteiger partial charge in [-0.15, -0.1) is 0 Å². The summed E-state index contributed by atoms with van der Waals surface area (Å²) < 4.78 is 11.0. The van der Waals surface area contributed by atoms with E-state index in [4.69, 9.17) is 9.47 Å². The molecular weight excluding hydrogens is 416 g/mol. The Bertz CT molecular complexity index is 1120. The van der Waals surface area contributed by atoms with Crippen molar-refractivity contribution in [3.8, 4) is 16.9 Å². The van der Waals surface area contributed by atoms with E-state index < -0.39 is 0 Å². The molecule has 2 heterocycles. The van der Waals surface area contributed by atoms with Crippen molar-refractivity contribution < 1.29 is 19.4 Å². The summed E-state index contributed by atoms with van der Waals surface area (Å²) in [4.78, 5) is 14.9. The van der Waals surface area contributed by atoms with Crippen molar-refractivity contribution in [1.29, 1.82) is 0 Å². The van der Waals surface area contributed by atoms with Crippen LogP contribution in [0.1, 0.15) is 23.6 Å². The Hall–Kier alpha value is -3.51. The zero-order valence-electron chi connectivity index (χ0n) is 18.6. The van der Waals surface area contributed by atoms with Crippen molar-refractivity contribution in [2.24, 2.45) is 5.92 Å². The SMILES string of the molecule is COc1ccc(-c2ccc3c(c2)[C@H]2[C@H](CCN2C(=O)OCc2ccccc2)[C@@H](CO)N3)cc1. The van der Waals surface area contributed by atoms with E-state index in [1.165, 1.54) is 0 Å². The van der Waals surface area contributed by atoms with E-state index in [0.717, 1.165) is 40.1 Å². The number of aliphatic hydroxyl groups excluding tert-OH is 1. The number of hydrogen-bond acceptors (Lipinski definition) is 5. The fraction of sp³-hybridized carbons (Fsp3) is 0.296. The summed E-state index contributed by atoms with van der Waals surface area (Å²) in [5, 5.41) is 13.5. The third kappa shape index (κ3) is 4.14. The molecule has 0 aliphatic carbocycles. The number of rotatable bonds is 5. The molecule has 2 aliphatic rings. The zero-order valence-corrected chi connectivity index (χ0v) is 18.6. The highest BCUT2D eigenvalue weighted by molar-refractivity contribution is 5.74. The Morgan fingerprint density at radius 3 is 2.55 bits per heavy atom. The van der Waals surface area contributed by atoms with Gasteiger partial charge in [-0.25, -0.2) is 4.79 Å². The Morgan fingerprint density at radius 1 is 1.06 bits per heavy atom. The number of hydrogen-bond donors (Lipinski definition) is 2. The van der Waals surface area contributed by atoms with E-state index in [9.17, 15) is 9.90 Å². The lowest BCUT2D eigenvalue weighted by atomic mass is 9.82. The predicted molar refractivity (Wildman–Crippen MR) is 127 cm³/mol. The average Bonchev–Trinajstić information content (AvgIpc) is 3.33. The first kappa shape index (κ1) is 21.3. The monoisotopic (exact) mass is 444 g/mol. The van der Waals surface area contributed by atoms with Crippen LogP contribution in [0.2, 0.25) is 0 Å². The summed E-state index contributed by atoms with van der Waals surface area (Å²) >= 11 is 0. The molecule has 1 amide bonds. The minimum atomic E-state index is -0.314. The minimum Gasteiger partial charge on any atom is -0.497 e. The number of fused-ring (bicyclic) bond motifs is 3. The number of amides is 1. The van der Waals surface area contributed by atoms with Crippen LogP contribution in [0, 0.1) is 5.92 Å². The van der Waals surface area contributed by atoms with Crippen LogP contribution in [0.25, 0.3) is 11.1 Å². The fourth-order valence-electron chi connectivity index (χ4n) is 5.03. The van der Waals surface area contributed by atoms with Crippen molar-refractivity contribution in [3.05, 3.63) is 83.9 Å². The molecule has 33 heavy (non-hydrogen) atoms. The van der Waals surface area contributed by atoms with E-state index in [1.54, 1.807) is 7.11 Å². The highest BCUT2D eigenvalue weighted by atomic mass is 16.6. The number of nitrogens with zero attached hydrogens (tertiary/aromatic N) is 1. The Labute approximate surface area is 193 Å². The van der Waals surface area contributed by atoms with Crippen LogP contribution in [0.3, 0.4) is 0 Å². The third-order valence-electron chi connectivity index (χ3n) is 6.73. The minimum absolute atomic E-state index is 0.0216. The number of nitrogens with one attached hydrogen (secondary N) is 1. The van der Waals surface area contributed by atoms with Crippen molar-refractivity contribution in [2.75, 3.05) is 25.6 Å². The first-order valence-corrected chi connectivity index (χ1v) is 11.3. The standard InChI is InChI=1S/C27H28N2O4/c1-32-21-10-7-19(8-11-21)20-9-12-24-23(15-20)26-22(25(16-30)28-24)13-14-29(26)27(31)33-17-18-5-3-2-4-6-18/h2-12,15,22,25-26,28,30H,13-14,16-17H2,1H3/t22-,25-,26-/m1/s1. The van der Waals surface area contributed by atoms with Crippen molar-refractivity contribution >= 4 is 11.8 Å². The fourth-order valence-corrected chi connectivity index (χ4v) is 5.03. The molecule has 3 aromatic carbocycles. The lowest BCUT2D eigenvalue weighted by Crippen LogP contribution is -2.43. The van der Waals surface area contributed by atoms with Crippen LogP contribution in [-0.2, 0) is 11.3 Å². The summed E-state index contributed by atoms with van der Waals surface area (Å²) in [5.41, 5.74) is 5.13. The molecule has 0 saturated carbocycles. The summed E-state index contributed by atoms with van der Waals surface area (Å²) in [5.74, 6) is 0.935. The zero-order chi connectivity index (χ0) is 22.8.